The Kier molecular flexibility index (Phi) is 4.12. The van der Waals surface area contributed by atoms with Crippen molar-refractivity contribution in [1.29, 1.82) is 0 Å². The van der Waals surface area contributed by atoms with E-state index < -0.39 is 5.97 Å². The van der Waals surface area contributed by atoms with Crippen molar-refractivity contribution >= 4 is 28.8 Å². The highest BCUT2D eigenvalue weighted by atomic mass is 32.2. The lowest BCUT2D eigenvalue weighted by atomic mass is 10.2. The second-order valence-corrected chi connectivity index (χ2v) is 6.03. The molecule has 21 heavy (non-hydrogen) atoms. The van der Waals surface area contributed by atoms with Crippen molar-refractivity contribution in [2.45, 2.75) is 36.6 Å². The van der Waals surface area contributed by atoms with E-state index in [1.54, 1.807) is 19.5 Å². The maximum atomic E-state index is 10.8. The topological polar surface area (TPSA) is 77.2 Å². The number of pyridine rings is 1. The molecule has 2 atom stereocenters. The number of thioether (sulfide) groups is 1. The Labute approximate surface area is 126 Å². The minimum absolute atomic E-state index is 0.00111. The maximum Gasteiger partial charge on any atom is 0.313 e. The molecule has 0 bridgehead atoms. The normalized spacial score (nSPS) is 22.0. The van der Waals surface area contributed by atoms with Crippen LogP contribution < -0.4 is 0 Å². The maximum absolute atomic E-state index is 10.8. The summed E-state index contributed by atoms with van der Waals surface area (Å²) in [6.07, 6.45) is 6.76. The van der Waals surface area contributed by atoms with Gasteiger partial charge in [0.15, 0.2) is 5.16 Å². The highest BCUT2D eigenvalue weighted by Gasteiger charge is 2.31. The van der Waals surface area contributed by atoms with Crippen LogP contribution in [0.15, 0.2) is 23.6 Å². The lowest BCUT2D eigenvalue weighted by Crippen LogP contribution is -2.21. The van der Waals surface area contributed by atoms with Gasteiger partial charge in [-0.25, -0.2) is 4.98 Å². The second-order valence-electron chi connectivity index (χ2n) is 5.08. The summed E-state index contributed by atoms with van der Waals surface area (Å²) >= 11 is 1.25. The quantitative estimate of drug-likeness (QED) is 0.854. The molecule has 7 heteroatoms. The lowest BCUT2D eigenvalue weighted by Gasteiger charge is -2.22. The minimum atomic E-state index is -0.841. The number of aromatic nitrogens is 3. The van der Waals surface area contributed by atoms with Crippen LogP contribution in [-0.4, -0.2) is 44.6 Å². The van der Waals surface area contributed by atoms with E-state index >= 15 is 0 Å². The van der Waals surface area contributed by atoms with E-state index in [9.17, 15) is 4.79 Å². The summed E-state index contributed by atoms with van der Waals surface area (Å²) in [6, 6.07) is 2.14. The monoisotopic (exact) mass is 307 g/mol. The van der Waals surface area contributed by atoms with Gasteiger partial charge in [-0.2, -0.15) is 0 Å². The molecule has 3 rings (SSSR count). The molecule has 1 saturated carbocycles. The molecule has 1 fully saturated rings. The van der Waals surface area contributed by atoms with Crippen molar-refractivity contribution in [3.63, 3.8) is 0 Å². The zero-order valence-corrected chi connectivity index (χ0v) is 12.5. The van der Waals surface area contributed by atoms with Crippen LogP contribution in [0.5, 0.6) is 0 Å². The first-order valence-electron chi connectivity index (χ1n) is 6.90. The predicted octanol–water partition coefficient (Wildman–Crippen LogP) is 2.35. The molecule has 0 aliphatic heterocycles. The third kappa shape index (κ3) is 2.75. The van der Waals surface area contributed by atoms with Crippen LogP contribution >= 0.6 is 11.8 Å². The largest absolute Gasteiger partial charge is 0.481 e. The number of nitrogens with zero attached hydrogens (tertiary/aromatic N) is 3. The van der Waals surface area contributed by atoms with Crippen LogP contribution in [0.1, 0.15) is 25.3 Å². The van der Waals surface area contributed by atoms with Gasteiger partial charge in [0.2, 0.25) is 0 Å². The number of hydrogen-bond donors (Lipinski definition) is 1. The van der Waals surface area contributed by atoms with Gasteiger partial charge in [-0.05, 0) is 25.3 Å². The van der Waals surface area contributed by atoms with E-state index in [1.807, 2.05) is 6.07 Å². The standard InChI is InChI=1S/C14H17N3O3S/c1-20-12-4-2-3-11(12)17-10-5-6-15-7-9(10)16-14(17)21-8-13(18)19/h5-7,11-12H,2-4,8H2,1H3,(H,18,19). The molecule has 0 amide bonds. The zero-order chi connectivity index (χ0) is 14.8. The summed E-state index contributed by atoms with van der Waals surface area (Å²) in [7, 11) is 1.73. The van der Waals surface area contributed by atoms with Gasteiger partial charge in [-0.3, -0.25) is 9.78 Å². The van der Waals surface area contributed by atoms with Crippen molar-refractivity contribution in [3.05, 3.63) is 18.5 Å². The summed E-state index contributed by atoms with van der Waals surface area (Å²) in [6.45, 7) is 0. The molecule has 2 aromatic rings. The first kappa shape index (κ1) is 14.3. The van der Waals surface area contributed by atoms with Crippen molar-refractivity contribution in [1.82, 2.24) is 14.5 Å². The fourth-order valence-corrected chi connectivity index (χ4v) is 3.74. The molecular weight excluding hydrogens is 290 g/mol. The van der Waals surface area contributed by atoms with E-state index in [0.717, 1.165) is 35.5 Å². The smallest absolute Gasteiger partial charge is 0.313 e. The number of ether oxygens (including phenoxy) is 1. The summed E-state index contributed by atoms with van der Waals surface area (Å²) in [4.78, 5) is 19.5. The molecule has 2 heterocycles. The van der Waals surface area contributed by atoms with Crippen molar-refractivity contribution in [2.24, 2.45) is 0 Å². The Morgan fingerprint density at radius 3 is 3.19 bits per heavy atom. The lowest BCUT2D eigenvalue weighted by molar-refractivity contribution is -0.133. The highest BCUT2D eigenvalue weighted by Crippen LogP contribution is 2.37. The van der Waals surface area contributed by atoms with E-state index in [4.69, 9.17) is 9.84 Å². The molecule has 112 valence electrons. The molecule has 2 unspecified atom stereocenters. The molecule has 0 saturated heterocycles. The third-order valence-corrected chi connectivity index (χ3v) is 4.77. The number of carbonyl (C=O) groups is 1. The fraction of sp³-hybridized carbons (Fsp3) is 0.500. The molecule has 2 aromatic heterocycles. The summed E-state index contributed by atoms with van der Waals surface area (Å²) in [5.41, 5.74) is 1.79. The van der Waals surface area contributed by atoms with Gasteiger partial charge in [-0.1, -0.05) is 11.8 Å². The van der Waals surface area contributed by atoms with Crippen LogP contribution in [0.2, 0.25) is 0 Å². The predicted molar refractivity (Wildman–Crippen MR) is 79.6 cm³/mol. The number of hydrogen-bond acceptors (Lipinski definition) is 5. The number of carboxylic acid groups (broad SMARTS) is 1. The average Bonchev–Trinajstić information content (AvgIpc) is 3.07. The summed E-state index contributed by atoms with van der Waals surface area (Å²) < 4.78 is 7.72. The van der Waals surface area contributed by atoms with E-state index in [2.05, 4.69) is 14.5 Å². The molecule has 1 aliphatic carbocycles. The van der Waals surface area contributed by atoms with Gasteiger partial charge in [0.1, 0.15) is 5.52 Å². The third-order valence-electron chi connectivity index (χ3n) is 3.84. The minimum Gasteiger partial charge on any atom is -0.481 e. The fourth-order valence-electron chi connectivity index (χ4n) is 2.95. The summed E-state index contributed by atoms with van der Waals surface area (Å²) in [5, 5.41) is 9.64. The SMILES string of the molecule is COC1CCCC1n1c(SCC(=O)O)nc2cnccc21. The first-order chi connectivity index (χ1) is 10.2. The Morgan fingerprint density at radius 1 is 1.57 bits per heavy atom. The van der Waals surface area contributed by atoms with E-state index in [-0.39, 0.29) is 17.9 Å². The van der Waals surface area contributed by atoms with Crippen molar-refractivity contribution in [3.8, 4) is 0 Å². The van der Waals surface area contributed by atoms with Crippen LogP contribution in [-0.2, 0) is 9.53 Å². The highest BCUT2D eigenvalue weighted by molar-refractivity contribution is 7.99. The Morgan fingerprint density at radius 2 is 2.43 bits per heavy atom. The molecule has 1 aliphatic rings. The number of methoxy groups -OCH3 is 1. The average molecular weight is 307 g/mol. The number of aliphatic carboxylic acids is 1. The van der Waals surface area contributed by atoms with Gasteiger partial charge in [-0.15, -0.1) is 0 Å². The van der Waals surface area contributed by atoms with Gasteiger partial charge < -0.3 is 14.4 Å². The van der Waals surface area contributed by atoms with E-state index in [1.165, 1.54) is 11.8 Å². The van der Waals surface area contributed by atoms with Crippen molar-refractivity contribution < 1.29 is 14.6 Å². The Balaban J connectivity index is 2.04. The molecule has 0 spiro atoms. The second kappa shape index (κ2) is 6.03. The van der Waals surface area contributed by atoms with Gasteiger partial charge in [0.25, 0.3) is 0 Å². The van der Waals surface area contributed by atoms with E-state index in [0.29, 0.717) is 0 Å². The molecule has 6 nitrogen and oxygen atoms in total. The first-order valence-corrected chi connectivity index (χ1v) is 7.88. The van der Waals surface area contributed by atoms with Crippen LogP contribution in [0.25, 0.3) is 11.0 Å². The van der Waals surface area contributed by atoms with Crippen molar-refractivity contribution in [2.75, 3.05) is 12.9 Å². The van der Waals surface area contributed by atoms with Crippen LogP contribution in [0.3, 0.4) is 0 Å². The number of rotatable bonds is 5. The number of imidazole rings is 1. The van der Waals surface area contributed by atoms with Gasteiger partial charge in [0, 0.05) is 13.3 Å². The molecule has 1 N–H and O–H groups in total. The van der Waals surface area contributed by atoms with Crippen LogP contribution in [0, 0.1) is 0 Å². The zero-order valence-electron chi connectivity index (χ0n) is 11.7. The number of fused-ring (bicyclic) bond motifs is 1. The Bertz CT molecular complexity index is 658. The molecule has 0 aromatic carbocycles. The van der Waals surface area contributed by atoms with Gasteiger partial charge in [0.05, 0.1) is 29.6 Å². The van der Waals surface area contributed by atoms with Crippen LogP contribution in [0.4, 0.5) is 0 Å². The van der Waals surface area contributed by atoms with Gasteiger partial charge >= 0.3 is 5.97 Å². The number of carboxylic acids is 1. The summed E-state index contributed by atoms with van der Waals surface area (Å²) in [5.74, 6) is -0.840. The molecule has 0 radical (unpaired) electrons. The molecular formula is C14H17N3O3S. The Hall–Kier alpha value is -1.60.